The van der Waals surface area contributed by atoms with Crippen LogP contribution in [0.5, 0.6) is 0 Å². The normalized spacial score (nSPS) is 15.8. The fourth-order valence-electron chi connectivity index (χ4n) is 1.93. The highest BCUT2D eigenvalue weighted by atomic mass is 79.9. The molecule has 3 heteroatoms. The summed E-state index contributed by atoms with van der Waals surface area (Å²) in [7, 11) is 0. The number of benzene rings is 1. The van der Waals surface area contributed by atoms with Crippen molar-refractivity contribution in [3.8, 4) is 0 Å². The van der Waals surface area contributed by atoms with Crippen LogP contribution in [0.15, 0.2) is 27.3 Å². The lowest BCUT2D eigenvalue weighted by atomic mass is 10.1. The van der Waals surface area contributed by atoms with E-state index in [-0.39, 0.29) is 0 Å². The standard InChI is InChI=1S/C13H13BrNO/c14-12-3-10(6-15-5-9-1-2-9)13-8-16-7-11(13)4-12/h3-4,8-9,15H,1-2,5-6H2. The number of hydrogen-bond acceptors (Lipinski definition) is 2. The molecule has 0 unspecified atom stereocenters. The zero-order valence-electron chi connectivity index (χ0n) is 8.92. The van der Waals surface area contributed by atoms with Crippen LogP contribution in [0.4, 0.5) is 0 Å². The topological polar surface area (TPSA) is 25.2 Å². The van der Waals surface area contributed by atoms with E-state index in [9.17, 15) is 0 Å². The molecule has 1 aromatic heterocycles. The Morgan fingerprint density at radius 3 is 3.12 bits per heavy atom. The molecule has 2 aromatic rings. The van der Waals surface area contributed by atoms with Gasteiger partial charge in [-0.1, -0.05) is 15.9 Å². The molecule has 1 N–H and O–H groups in total. The number of halogens is 1. The summed E-state index contributed by atoms with van der Waals surface area (Å²) in [5.74, 6) is 0.915. The van der Waals surface area contributed by atoms with Gasteiger partial charge in [0.15, 0.2) is 6.26 Å². The Kier molecular flexibility index (Phi) is 2.74. The highest BCUT2D eigenvalue weighted by Gasteiger charge is 2.20. The second-order valence-electron chi connectivity index (χ2n) is 4.44. The lowest BCUT2D eigenvalue weighted by Gasteiger charge is -2.05. The van der Waals surface area contributed by atoms with E-state index in [1.165, 1.54) is 18.4 Å². The Morgan fingerprint density at radius 2 is 2.31 bits per heavy atom. The molecule has 1 aromatic carbocycles. The van der Waals surface area contributed by atoms with Gasteiger partial charge in [0.05, 0.1) is 6.26 Å². The molecule has 0 saturated heterocycles. The predicted octanol–water partition coefficient (Wildman–Crippen LogP) is 3.50. The van der Waals surface area contributed by atoms with Crippen LogP contribution in [0.1, 0.15) is 18.4 Å². The van der Waals surface area contributed by atoms with Crippen LogP contribution < -0.4 is 5.32 Å². The lowest BCUT2D eigenvalue weighted by molar-refractivity contribution is 0.563. The van der Waals surface area contributed by atoms with Crippen molar-refractivity contribution in [1.82, 2.24) is 5.32 Å². The zero-order chi connectivity index (χ0) is 11.0. The molecule has 1 aliphatic rings. The summed E-state index contributed by atoms with van der Waals surface area (Å²) in [6.07, 6.45) is 7.43. The van der Waals surface area contributed by atoms with Gasteiger partial charge in [0.1, 0.15) is 0 Å². The van der Waals surface area contributed by atoms with Crippen molar-refractivity contribution in [3.63, 3.8) is 0 Å². The van der Waals surface area contributed by atoms with Gasteiger partial charge in [-0.15, -0.1) is 0 Å². The van der Waals surface area contributed by atoms with E-state index in [4.69, 9.17) is 4.42 Å². The van der Waals surface area contributed by atoms with E-state index < -0.39 is 0 Å². The first-order chi connectivity index (χ1) is 7.83. The predicted molar refractivity (Wildman–Crippen MR) is 67.2 cm³/mol. The monoisotopic (exact) mass is 278 g/mol. The van der Waals surface area contributed by atoms with Crippen molar-refractivity contribution in [2.75, 3.05) is 6.54 Å². The zero-order valence-corrected chi connectivity index (χ0v) is 10.5. The Bertz CT molecular complexity index is 502. The summed E-state index contributed by atoms with van der Waals surface area (Å²) in [6, 6.07) is 4.18. The molecular weight excluding hydrogens is 266 g/mol. The smallest absolute Gasteiger partial charge is 0.177 e. The van der Waals surface area contributed by atoms with Crippen LogP contribution >= 0.6 is 15.9 Å². The first kappa shape index (κ1) is 10.4. The summed E-state index contributed by atoms with van der Waals surface area (Å²) in [5.41, 5.74) is 1.27. The SMILES string of the molecule is Brc1cc(CNCC2CC2)c2co[c]c2c1. The maximum Gasteiger partial charge on any atom is 0.177 e. The minimum absolute atomic E-state index is 0.903. The van der Waals surface area contributed by atoms with Gasteiger partial charge in [0.25, 0.3) is 0 Å². The molecule has 0 spiro atoms. The maximum absolute atomic E-state index is 5.13. The molecule has 1 heterocycles. The minimum Gasteiger partial charge on any atom is -0.460 e. The van der Waals surface area contributed by atoms with Gasteiger partial charge >= 0.3 is 0 Å². The number of furan rings is 1. The van der Waals surface area contributed by atoms with Crippen LogP contribution in [0.3, 0.4) is 0 Å². The Balaban J connectivity index is 1.80. The first-order valence-electron chi connectivity index (χ1n) is 5.61. The summed E-state index contributed by atoms with van der Waals surface area (Å²) in [5, 5.41) is 5.69. The second kappa shape index (κ2) is 4.22. The van der Waals surface area contributed by atoms with E-state index in [1.807, 2.05) is 6.07 Å². The number of fused-ring (bicyclic) bond motifs is 1. The summed E-state index contributed by atoms with van der Waals surface area (Å²) in [4.78, 5) is 0. The summed E-state index contributed by atoms with van der Waals surface area (Å²) < 4.78 is 6.21. The van der Waals surface area contributed by atoms with Gasteiger partial charge in [0.2, 0.25) is 0 Å². The van der Waals surface area contributed by atoms with Crippen molar-refractivity contribution < 1.29 is 4.42 Å². The van der Waals surface area contributed by atoms with E-state index in [2.05, 4.69) is 33.6 Å². The van der Waals surface area contributed by atoms with Gasteiger partial charge in [0, 0.05) is 21.8 Å². The number of hydrogen-bond donors (Lipinski definition) is 1. The van der Waals surface area contributed by atoms with Gasteiger partial charge in [-0.25, -0.2) is 0 Å². The van der Waals surface area contributed by atoms with Crippen molar-refractivity contribution in [3.05, 3.63) is 34.7 Å². The first-order valence-corrected chi connectivity index (χ1v) is 6.40. The van der Waals surface area contributed by atoms with E-state index in [0.717, 1.165) is 34.3 Å². The fourth-order valence-corrected chi connectivity index (χ4v) is 2.43. The van der Waals surface area contributed by atoms with Gasteiger partial charge in [-0.3, -0.25) is 0 Å². The number of nitrogens with one attached hydrogen (secondary N) is 1. The highest BCUT2D eigenvalue weighted by Crippen LogP contribution is 2.28. The third-order valence-corrected chi connectivity index (χ3v) is 3.48. The van der Waals surface area contributed by atoms with E-state index >= 15 is 0 Å². The van der Waals surface area contributed by atoms with Crippen molar-refractivity contribution in [2.24, 2.45) is 5.92 Å². The summed E-state index contributed by atoms with van der Waals surface area (Å²) >= 11 is 3.51. The average Bonchev–Trinajstić information content (AvgIpc) is 2.95. The molecule has 1 aliphatic carbocycles. The highest BCUT2D eigenvalue weighted by molar-refractivity contribution is 9.10. The molecule has 83 valence electrons. The third kappa shape index (κ3) is 2.15. The molecule has 0 bridgehead atoms. The average molecular weight is 279 g/mol. The molecule has 2 nitrogen and oxygen atoms in total. The van der Waals surface area contributed by atoms with Crippen molar-refractivity contribution in [2.45, 2.75) is 19.4 Å². The fraction of sp³-hybridized carbons (Fsp3) is 0.385. The van der Waals surface area contributed by atoms with Gasteiger partial charge < -0.3 is 9.73 Å². The van der Waals surface area contributed by atoms with Gasteiger partial charge in [-0.2, -0.15) is 0 Å². The van der Waals surface area contributed by atoms with E-state index in [0.29, 0.717) is 0 Å². The van der Waals surface area contributed by atoms with Crippen molar-refractivity contribution in [1.29, 1.82) is 0 Å². The molecule has 0 amide bonds. The largest absolute Gasteiger partial charge is 0.460 e. The Labute approximate surface area is 103 Å². The Hall–Kier alpha value is -0.800. The molecule has 16 heavy (non-hydrogen) atoms. The van der Waals surface area contributed by atoms with Crippen LogP contribution in [0.2, 0.25) is 0 Å². The molecule has 0 atom stereocenters. The van der Waals surface area contributed by atoms with Crippen LogP contribution in [-0.2, 0) is 6.54 Å². The maximum atomic E-state index is 5.13. The quantitative estimate of drug-likeness (QED) is 0.926. The molecule has 1 radical (unpaired) electrons. The molecule has 1 saturated carbocycles. The molecular formula is C13H13BrNO. The molecule has 1 fully saturated rings. The molecule has 3 rings (SSSR count). The lowest BCUT2D eigenvalue weighted by Crippen LogP contribution is -2.16. The van der Waals surface area contributed by atoms with Crippen LogP contribution in [-0.4, -0.2) is 6.54 Å². The van der Waals surface area contributed by atoms with Gasteiger partial charge in [-0.05, 0) is 43.0 Å². The van der Waals surface area contributed by atoms with Crippen molar-refractivity contribution >= 4 is 26.7 Å². The Morgan fingerprint density at radius 1 is 1.44 bits per heavy atom. The van der Waals surface area contributed by atoms with Crippen LogP contribution in [0, 0.1) is 12.2 Å². The van der Waals surface area contributed by atoms with E-state index in [1.54, 1.807) is 6.26 Å². The second-order valence-corrected chi connectivity index (χ2v) is 5.35. The minimum atomic E-state index is 0.903. The van der Waals surface area contributed by atoms with Crippen LogP contribution in [0.25, 0.3) is 10.8 Å². The third-order valence-electron chi connectivity index (χ3n) is 3.02. The number of rotatable bonds is 4. The summed E-state index contributed by atoms with van der Waals surface area (Å²) in [6.45, 7) is 2.04. The molecule has 0 aliphatic heterocycles.